The predicted molar refractivity (Wildman–Crippen MR) is 117 cm³/mol. The molecule has 29 heavy (non-hydrogen) atoms. The number of imidazole rings is 1. The van der Waals surface area contributed by atoms with Crippen molar-refractivity contribution >= 4 is 17.0 Å². The molecule has 0 radical (unpaired) electrons. The van der Waals surface area contributed by atoms with Crippen LogP contribution in [-0.2, 0) is 13.1 Å². The van der Waals surface area contributed by atoms with Crippen LogP contribution in [0.15, 0.2) is 47.6 Å². The Labute approximate surface area is 172 Å². The molecule has 0 unspecified atom stereocenters. The van der Waals surface area contributed by atoms with E-state index in [0.29, 0.717) is 19.0 Å². The fourth-order valence-corrected chi connectivity index (χ4v) is 3.21. The van der Waals surface area contributed by atoms with E-state index in [1.807, 2.05) is 18.2 Å². The van der Waals surface area contributed by atoms with Crippen molar-refractivity contribution in [3.63, 3.8) is 0 Å². The molecule has 0 spiro atoms. The quantitative estimate of drug-likeness (QED) is 0.331. The first-order valence-corrected chi connectivity index (χ1v) is 10.2. The Balaban J connectivity index is 1.48. The van der Waals surface area contributed by atoms with Gasteiger partial charge in [-0.05, 0) is 38.0 Å². The minimum Gasteiger partial charge on any atom is -0.477 e. The number of nitrogens with one attached hydrogen (secondary N) is 2. The van der Waals surface area contributed by atoms with Crippen molar-refractivity contribution in [1.82, 2.24) is 25.2 Å². The first kappa shape index (κ1) is 20.6. The van der Waals surface area contributed by atoms with Crippen molar-refractivity contribution in [1.29, 1.82) is 0 Å². The van der Waals surface area contributed by atoms with E-state index < -0.39 is 0 Å². The van der Waals surface area contributed by atoms with Gasteiger partial charge in [-0.25, -0.2) is 9.97 Å². The van der Waals surface area contributed by atoms with E-state index in [9.17, 15) is 0 Å². The van der Waals surface area contributed by atoms with Crippen LogP contribution in [0.1, 0.15) is 31.2 Å². The second-order valence-corrected chi connectivity index (χ2v) is 6.82. The third-order valence-electron chi connectivity index (χ3n) is 4.66. The van der Waals surface area contributed by atoms with Crippen LogP contribution in [0.4, 0.5) is 0 Å². The number of hydrogen-bond donors (Lipinski definition) is 2. The number of guanidine groups is 1. The Bertz CT molecular complexity index is 949. The van der Waals surface area contributed by atoms with Crippen LogP contribution in [0.25, 0.3) is 11.0 Å². The number of aryl methyl sites for hydroxylation is 2. The lowest BCUT2D eigenvalue weighted by molar-refractivity contribution is 0.301. The summed E-state index contributed by atoms with van der Waals surface area (Å²) in [4.78, 5) is 13.3. The first-order valence-electron chi connectivity index (χ1n) is 10.2. The van der Waals surface area contributed by atoms with E-state index in [-0.39, 0.29) is 0 Å². The van der Waals surface area contributed by atoms with Gasteiger partial charge in [-0.2, -0.15) is 0 Å². The van der Waals surface area contributed by atoms with Gasteiger partial charge in [-0.1, -0.05) is 25.1 Å². The van der Waals surface area contributed by atoms with Crippen LogP contribution in [0, 0.1) is 6.92 Å². The van der Waals surface area contributed by atoms with E-state index in [2.05, 4.69) is 62.2 Å². The van der Waals surface area contributed by atoms with E-state index in [4.69, 9.17) is 4.74 Å². The van der Waals surface area contributed by atoms with Crippen molar-refractivity contribution < 1.29 is 4.74 Å². The SMILES string of the molecule is CCCOc1ncccc1CNC(=NC)NCCCn1c(C)nc2ccccc21. The van der Waals surface area contributed by atoms with Crippen molar-refractivity contribution in [2.75, 3.05) is 20.2 Å². The zero-order chi connectivity index (χ0) is 20.5. The maximum Gasteiger partial charge on any atom is 0.218 e. The van der Waals surface area contributed by atoms with Crippen molar-refractivity contribution in [3.05, 3.63) is 54.0 Å². The number of hydrogen-bond acceptors (Lipinski definition) is 4. The molecule has 154 valence electrons. The third kappa shape index (κ3) is 5.47. The normalized spacial score (nSPS) is 11.6. The lowest BCUT2D eigenvalue weighted by atomic mass is 10.2. The maximum atomic E-state index is 5.72. The smallest absolute Gasteiger partial charge is 0.218 e. The number of aromatic nitrogens is 3. The lowest BCUT2D eigenvalue weighted by Crippen LogP contribution is -2.37. The van der Waals surface area contributed by atoms with Gasteiger partial charge in [-0.15, -0.1) is 0 Å². The van der Waals surface area contributed by atoms with Crippen molar-refractivity contribution in [3.8, 4) is 5.88 Å². The average molecular weight is 395 g/mol. The molecule has 2 aromatic heterocycles. The number of rotatable bonds is 9. The molecule has 2 heterocycles. The topological polar surface area (TPSA) is 76.4 Å². The second-order valence-electron chi connectivity index (χ2n) is 6.82. The Morgan fingerprint density at radius 1 is 1.17 bits per heavy atom. The number of benzene rings is 1. The molecule has 0 saturated carbocycles. The Morgan fingerprint density at radius 2 is 2.03 bits per heavy atom. The van der Waals surface area contributed by atoms with Gasteiger partial charge in [-0.3, -0.25) is 4.99 Å². The van der Waals surface area contributed by atoms with Gasteiger partial charge in [0.25, 0.3) is 0 Å². The van der Waals surface area contributed by atoms with Crippen molar-refractivity contribution in [2.45, 2.75) is 39.8 Å². The number of fused-ring (bicyclic) bond motifs is 1. The van der Waals surface area contributed by atoms with Gasteiger partial charge < -0.3 is 19.9 Å². The molecule has 0 aliphatic rings. The summed E-state index contributed by atoms with van der Waals surface area (Å²) in [6.07, 6.45) is 3.68. The van der Waals surface area contributed by atoms with E-state index in [1.165, 1.54) is 5.52 Å². The summed E-state index contributed by atoms with van der Waals surface area (Å²) >= 11 is 0. The number of ether oxygens (including phenoxy) is 1. The van der Waals surface area contributed by atoms with Crippen LogP contribution in [0.5, 0.6) is 5.88 Å². The summed E-state index contributed by atoms with van der Waals surface area (Å²) in [5, 5.41) is 6.71. The summed E-state index contributed by atoms with van der Waals surface area (Å²) < 4.78 is 7.98. The molecule has 0 aliphatic carbocycles. The van der Waals surface area contributed by atoms with Crippen molar-refractivity contribution in [2.24, 2.45) is 4.99 Å². The molecular formula is C22H30N6O. The van der Waals surface area contributed by atoms with Gasteiger partial charge >= 0.3 is 0 Å². The van der Waals surface area contributed by atoms with Crippen LogP contribution in [0.2, 0.25) is 0 Å². The van der Waals surface area contributed by atoms with Crippen LogP contribution in [-0.4, -0.2) is 40.7 Å². The molecule has 0 aliphatic heterocycles. The Hall–Kier alpha value is -3.09. The molecular weight excluding hydrogens is 364 g/mol. The highest BCUT2D eigenvalue weighted by Gasteiger charge is 2.07. The van der Waals surface area contributed by atoms with Gasteiger partial charge in [0, 0.05) is 38.4 Å². The molecule has 7 nitrogen and oxygen atoms in total. The summed E-state index contributed by atoms with van der Waals surface area (Å²) in [5.74, 6) is 2.49. The molecule has 7 heteroatoms. The fourth-order valence-electron chi connectivity index (χ4n) is 3.21. The molecule has 3 aromatic rings. The van der Waals surface area contributed by atoms with Crippen LogP contribution in [0.3, 0.4) is 0 Å². The van der Waals surface area contributed by atoms with E-state index in [0.717, 1.165) is 48.8 Å². The third-order valence-corrected chi connectivity index (χ3v) is 4.66. The minimum atomic E-state index is 0.609. The molecule has 0 saturated heterocycles. The Kier molecular flexibility index (Phi) is 7.44. The zero-order valence-corrected chi connectivity index (χ0v) is 17.5. The van der Waals surface area contributed by atoms with Gasteiger partial charge in [0.15, 0.2) is 5.96 Å². The molecule has 0 fully saturated rings. The predicted octanol–water partition coefficient (Wildman–Crippen LogP) is 3.28. The monoisotopic (exact) mass is 394 g/mol. The number of pyridine rings is 1. The van der Waals surface area contributed by atoms with Gasteiger partial charge in [0.1, 0.15) is 5.82 Å². The summed E-state index contributed by atoms with van der Waals surface area (Å²) in [7, 11) is 1.78. The van der Waals surface area contributed by atoms with Crippen LogP contribution < -0.4 is 15.4 Å². The standard InChI is InChI=1S/C22H30N6O/c1-4-15-29-21-18(9-7-12-24-21)16-26-22(23-3)25-13-8-14-28-17(2)27-19-10-5-6-11-20(19)28/h5-7,9-12H,4,8,13-16H2,1-3H3,(H2,23,25,26). The largest absolute Gasteiger partial charge is 0.477 e. The number of aliphatic imine (C=N–C) groups is 1. The number of nitrogens with zero attached hydrogens (tertiary/aromatic N) is 4. The average Bonchev–Trinajstić information content (AvgIpc) is 3.07. The van der Waals surface area contributed by atoms with E-state index in [1.54, 1.807) is 13.2 Å². The number of para-hydroxylation sites is 2. The highest BCUT2D eigenvalue weighted by molar-refractivity contribution is 5.79. The highest BCUT2D eigenvalue weighted by atomic mass is 16.5. The highest BCUT2D eigenvalue weighted by Crippen LogP contribution is 2.16. The molecule has 1 aromatic carbocycles. The maximum absolute atomic E-state index is 5.72. The molecule has 0 bridgehead atoms. The first-order chi connectivity index (χ1) is 14.2. The van der Waals surface area contributed by atoms with Crippen LogP contribution >= 0.6 is 0 Å². The molecule has 0 amide bonds. The second kappa shape index (κ2) is 10.5. The minimum absolute atomic E-state index is 0.609. The molecule has 3 rings (SSSR count). The summed E-state index contributed by atoms with van der Waals surface area (Å²) in [6.45, 7) is 7.14. The van der Waals surface area contributed by atoms with E-state index >= 15 is 0 Å². The summed E-state index contributed by atoms with van der Waals surface area (Å²) in [5.41, 5.74) is 3.25. The lowest BCUT2D eigenvalue weighted by Gasteiger charge is -2.14. The van der Waals surface area contributed by atoms with Gasteiger partial charge in [0.2, 0.25) is 5.88 Å². The van der Waals surface area contributed by atoms with Gasteiger partial charge in [0.05, 0.1) is 17.6 Å². The summed E-state index contributed by atoms with van der Waals surface area (Å²) in [6, 6.07) is 12.2. The molecule has 0 atom stereocenters. The zero-order valence-electron chi connectivity index (χ0n) is 17.5. The molecule has 2 N–H and O–H groups in total. The Morgan fingerprint density at radius 3 is 2.86 bits per heavy atom. The fraction of sp³-hybridized carbons (Fsp3) is 0.409.